The molecule has 1 aromatic carbocycles. The minimum Gasteiger partial charge on any atom is -0.368 e. The fourth-order valence-corrected chi connectivity index (χ4v) is 3.76. The average Bonchev–Trinajstić information content (AvgIpc) is 3.02. The summed E-state index contributed by atoms with van der Waals surface area (Å²) in [5.41, 5.74) is 0.519. The lowest BCUT2D eigenvalue weighted by molar-refractivity contribution is -0.142. The Labute approximate surface area is 187 Å². The van der Waals surface area contributed by atoms with Gasteiger partial charge in [0.1, 0.15) is 18.7 Å². The van der Waals surface area contributed by atoms with Crippen molar-refractivity contribution in [2.75, 3.05) is 13.2 Å². The molecule has 3 atom stereocenters. The van der Waals surface area contributed by atoms with Crippen LogP contribution < -0.4 is 5.32 Å². The van der Waals surface area contributed by atoms with Crippen molar-refractivity contribution >= 4 is 44.6 Å². The number of benzene rings is 1. The molecule has 0 aromatic heterocycles. The van der Waals surface area contributed by atoms with Gasteiger partial charge in [-0.1, -0.05) is 39.5 Å². The monoisotopic (exact) mass is 442 g/mol. The number of nitrogens with zero attached hydrogens (tertiary/aromatic N) is 1. The van der Waals surface area contributed by atoms with Crippen LogP contribution in [0.1, 0.15) is 50.9 Å². The van der Waals surface area contributed by atoms with Gasteiger partial charge in [0.15, 0.2) is 5.78 Å². The van der Waals surface area contributed by atoms with E-state index in [0.29, 0.717) is 18.5 Å². The van der Waals surface area contributed by atoms with Gasteiger partial charge in [-0.2, -0.15) is 27.0 Å². The summed E-state index contributed by atoms with van der Waals surface area (Å²) >= 11 is 0. The number of piperidine rings is 1. The SMILES string of the molecule is C.CC(C)C[C@H](NC(=O)c1ccccc1)C(=O)N1CCC[C@H]2OCC(=O)[C@H]21.S.S. The maximum Gasteiger partial charge on any atom is 0.251 e. The normalized spacial score (nSPS) is 21.2. The molecule has 0 spiro atoms. The van der Waals surface area contributed by atoms with Crippen molar-refractivity contribution in [1.82, 2.24) is 10.2 Å². The molecule has 2 aliphatic heterocycles. The zero-order valence-corrected chi connectivity index (χ0v) is 18.3. The van der Waals surface area contributed by atoms with Gasteiger partial charge in [-0.3, -0.25) is 14.4 Å². The van der Waals surface area contributed by atoms with E-state index in [4.69, 9.17) is 4.74 Å². The third kappa shape index (κ3) is 6.49. The number of ketones is 1. The molecule has 164 valence electrons. The highest BCUT2D eigenvalue weighted by Crippen LogP contribution is 2.27. The Balaban J connectivity index is 0.00000261. The van der Waals surface area contributed by atoms with Gasteiger partial charge in [0.2, 0.25) is 5.91 Å². The van der Waals surface area contributed by atoms with Crippen molar-refractivity contribution in [2.24, 2.45) is 5.92 Å². The van der Waals surface area contributed by atoms with Crippen LogP contribution in [0.3, 0.4) is 0 Å². The summed E-state index contributed by atoms with van der Waals surface area (Å²) in [6, 6.07) is 7.72. The molecule has 0 aliphatic carbocycles. The predicted octanol–water partition coefficient (Wildman–Crippen LogP) is 2.65. The van der Waals surface area contributed by atoms with Crippen molar-refractivity contribution in [2.45, 2.75) is 58.7 Å². The van der Waals surface area contributed by atoms with Gasteiger partial charge in [-0.05, 0) is 37.3 Å². The number of Topliss-reactive ketones (excluding diaryl/α,β-unsaturated/α-hetero) is 1. The van der Waals surface area contributed by atoms with Crippen molar-refractivity contribution in [3.05, 3.63) is 35.9 Å². The standard InChI is InChI=1S/C20H26N2O4.CH4.2H2S/c1-13(2)11-15(21-19(24)14-7-4-3-5-8-14)20(25)22-10-6-9-17-18(22)16(23)12-26-17;;;/h3-5,7-8,13,15,17-18H,6,9-12H2,1-2H3,(H,21,24);1H4;2*1H2/t15-,17+,18+;;;/m0.../s1. The van der Waals surface area contributed by atoms with E-state index in [1.165, 1.54) is 0 Å². The number of carbonyl (C=O) groups excluding carboxylic acids is 3. The topological polar surface area (TPSA) is 75.7 Å². The van der Waals surface area contributed by atoms with Crippen LogP contribution >= 0.6 is 27.0 Å². The van der Waals surface area contributed by atoms with Crippen molar-refractivity contribution in [3.63, 3.8) is 0 Å². The summed E-state index contributed by atoms with van der Waals surface area (Å²) < 4.78 is 5.53. The van der Waals surface area contributed by atoms with Crippen LogP contribution in [0, 0.1) is 5.92 Å². The lowest BCUT2D eigenvalue weighted by Gasteiger charge is -2.37. The van der Waals surface area contributed by atoms with E-state index in [-0.39, 0.29) is 70.6 Å². The molecule has 2 saturated heterocycles. The van der Waals surface area contributed by atoms with Crippen molar-refractivity contribution in [3.8, 4) is 0 Å². The number of hydrogen-bond acceptors (Lipinski definition) is 4. The number of nitrogens with one attached hydrogen (secondary N) is 1. The summed E-state index contributed by atoms with van der Waals surface area (Å²) in [7, 11) is 0. The van der Waals surface area contributed by atoms with Crippen LogP contribution in [0.15, 0.2) is 30.3 Å². The first kappa shape index (κ1) is 27.5. The number of carbonyl (C=O) groups is 3. The second-order valence-corrected chi connectivity index (χ2v) is 7.46. The average molecular weight is 443 g/mol. The molecule has 29 heavy (non-hydrogen) atoms. The van der Waals surface area contributed by atoms with Crippen LogP contribution in [0.5, 0.6) is 0 Å². The summed E-state index contributed by atoms with van der Waals surface area (Å²) in [6.45, 7) is 4.63. The Kier molecular flexibility index (Phi) is 11.6. The summed E-state index contributed by atoms with van der Waals surface area (Å²) in [6.07, 6.45) is 1.93. The van der Waals surface area contributed by atoms with Gasteiger partial charge >= 0.3 is 0 Å². The minimum absolute atomic E-state index is 0. The largest absolute Gasteiger partial charge is 0.368 e. The van der Waals surface area contributed by atoms with Gasteiger partial charge < -0.3 is 15.0 Å². The van der Waals surface area contributed by atoms with Gasteiger partial charge in [-0.25, -0.2) is 0 Å². The highest BCUT2D eigenvalue weighted by Gasteiger charge is 2.45. The highest BCUT2D eigenvalue weighted by molar-refractivity contribution is 7.59. The zero-order chi connectivity index (χ0) is 18.7. The second-order valence-electron chi connectivity index (χ2n) is 7.46. The van der Waals surface area contributed by atoms with E-state index in [0.717, 1.165) is 12.8 Å². The lowest BCUT2D eigenvalue weighted by Crippen LogP contribution is -2.58. The molecule has 2 aliphatic rings. The Bertz CT molecular complexity index is 685. The molecule has 0 unspecified atom stereocenters. The van der Waals surface area contributed by atoms with E-state index < -0.39 is 12.1 Å². The molecule has 0 radical (unpaired) electrons. The minimum atomic E-state index is -0.644. The van der Waals surface area contributed by atoms with Gasteiger partial charge in [0.25, 0.3) is 5.91 Å². The van der Waals surface area contributed by atoms with E-state index in [2.05, 4.69) is 5.32 Å². The van der Waals surface area contributed by atoms with Crippen molar-refractivity contribution < 1.29 is 19.1 Å². The van der Waals surface area contributed by atoms with E-state index in [1.54, 1.807) is 29.2 Å². The van der Waals surface area contributed by atoms with Crippen LogP contribution in [-0.4, -0.2) is 53.8 Å². The Morgan fingerprint density at radius 2 is 1.86 bits per heavy atom. The Morgan fingerprint density at radius 1 is 1.21 bits per heavy atom. The number of likely N-dealkylation sites (tertiary alicyclic amines) is 1. The van der Waals surface area contributed by atoms with E-state index in [9.17, 15) is 14.4 Å². The third-order valence-electron chi connectivity index (χ3n) is 4.97. The van der Waals surface area contributed by atoms with Crippen LogP contribution in [0.2, 0.25) is 0 Å². The van der Waals surface area contributed by atoms with Crippen LogP contribution in [0.4, 0.5) is 0 Å². The first-order valence-electron chi connectivity index (χ1n) is 9.28. The third-order valence-corrected chi connectivity index (χ3v) is 4.97. The fraction of sp³-hybridized carbons (Fsp3) is 0.571. The fourth-order valence-electron chi connectivity index (χ4n) is 3.76. The molecule has 6 nitrogen and oxygen atoms in total. The molecule has 0 saturated carbocycles. The maximum atomic E-state index is 13.2. The van der Waals surface area contributed by atoms with Crippen LogP contribution in [0.25, 0.3) is 0 Å². The highest BCUT2D eigenvalue weighted by atomic mass is 32.1. The molecule has 1 aromatic rings. The lowest BCUT2D eigenvalue weighted by atomic mass is 9.95. The molecular weight excluding hydrogens is 408 g/mol. The number of hydrogen-bond donors (Lipinski definition) is 1. The predicted molar refractivity (Wildman–Crippen MR) is 124 cm³/mol. The van der Waals surface area contributed by atoms with Gasteiger partial charge in [0.05, 0.1) is 6.10 Å². The van der Waals surface area contributed by atoms with Gasteiger partial charge in [0, 0.05) is 12.1 Å². The van der Waals surface area contributed by atoms with Crippen molar-refractivity contribution in [1.29, 1.82) is 0 Å². The molecule has 1 N–H and O–H groups in total. The van der Waals surface area contributed by atoms with E-state index >= 15 is 0 Å². The molecule has 2 heterocycles. The second kappa shape index (κ2) is 12.2. The molecule has 3 rings (SSSR count). The summed E-state index contributed by atoms with van der Waals surface area (Å²) in [5.74, 6) is -0.263. The van der Waals surface area contributed by atoms with Gasteiger partial charge in [-0.15, -0.1) is 0 Å². The smallest absolute Gasteiger partial charge is 0.251 e. The quantitative estimate of drug-likeness (QED) is 0.761. The molecule has 2 fully saturated rings. The molecular formula is C21H34N2O4S2. The molecule has 2 amide bonds. The molecule has 8 heteroatoms. The number of rotatable bonds is 5. The Morgan fingerprint density at radius 3 is 2.48 bits per heavy atom. The number of ether oxygens (including phenoxy) is 1. The first-order valence-corrected chi connectivity index (χ1v) is 9.28. The number of amides is 2. The van der Waals surface area contributed by atoms with E-state index in [1.807, 2.05) is 19.9 Å². The van der Waals surface area contributed by atoms with Crippen LogP contribution in [-0.2, 0) is 14.3 Å². The summed E-state index contributed by atoms with van der Waals surface area (Å²) in [4.78, 5) is 39.6. The zero-order valence-electron chi connectivity index (χ0n) is 16.3. The number of fused-ring (bicyclic) bond motifs is 1. The first-order chi connectivity index (χ1) is 12.5. The summed E-state index contributed by atoms with van der Waals surface area (Å²) in [5, 5.41) is 2.87. The Hall–Kier alpha value is -1.51. The maximum absolute atomic E-state index is 13.2. The molecule has 0 bridgehead atoms.